The summed E-state index contributed by atoms with van der Waals surface area (Å²) in [7, 11) is 0. The van der Waals surface area contributed by atoms with Gasteiger partial charge in [-0.25, -0.2) is 0 Å². The highest BCUT2D eigenvalue weighted by Crippen LogP contribution is 2.29. The number of ether oxygens (including phenoxy) is 1. The first-order valence-corrected chi connectivity index (χ1v) is 6.66. The second-order valence-electron chi connectivity index (χ2n) is 4.73. The Morgan fingerprint density at radius 1 is 1.24 bits per heavy atom. The monoisotopic (exact) mass is 297 g/mol. The normalized spacial score (nSPS) is 11.3. The van der Waals surface area contributed by atoms with Crippen molar-refractivity contribution in [3.63, 3.8) is 0 Å². The fraction of sp³-hybridized carbons (Fsp3) is 0.429. The van der Waals surface area contributed by atoms with E-state index in [1.807, 2.05) is 13.8 Å². The number of hydrogen-bond acceptors (Lipinski definition) is 5. The van der Waals surface area contributed by atoms with Crippen LogP contribution in [-0.4, -0.2) is 29.4 Å². The Labute approximate surface area is 121 Å². The predicted molar refractivity (Wildman–Crippen MR) is 73.2 cm³/mol. The minimum atomic E-state index is -2.90. The van der Waals surface area contributed by atoms with Gasteiger partial charge in [0.2, 0.25) is 5.89 Å². The summed E-state index contributed by atoms with van der Waals surface area (Å²) in [6, 6.07) is 6.70. The zero-order chi connectivity index (χ0) is 15.2. The van der Waals surface area contributed by atoms with Crippen LogP contribution in [0.4, 0.5) is 8.78 Å². The van der Waals surface area contributed by atoms with Gasteiger partial charge in [0.05, 0.1) is 5.56 Å². The topological polar surface area (TPSA) is 60.2 Å². The summed E-state index contributed by atoms with van der Waals surface area (Å²) in [6.07, 6.45) is 0.572. The molecule has 0 amide bonds. The summed E-state index contributed by atoms with van der Waals surface area (Å²) in [5, 5.41) is 11.0. The van der Waals surface area contributed by atoms with E-state index in [0.717, 1.165) is 0 Å². The van der Waals surface area contributed by atoms with Crippen LogP contribution in [0.5, 0.6) is 5.75 Å². The van der Waals surface area contributed by atoms with Gasteiger partial charge in [-0.15, -0.1) is 10.2 Å². The van der Waals surface area contributed by atoms with Crippen LogP contribution in [0.25, 0.3) is 11.5 Å². The van der Waals surface area contributed by atoms with Crippen molar-refractivity contribution in [2.24, 2.45) is 0 Å². The number of aromatic nitrogens is 2. The van der Waals surface area contributed by atoms with Crippen molar-refractivity contribution in [1.82, 2.24) is 15.5 Å². The first kappa shape index (κ1) is 15.4. The van der Waals surface area contributed by atoms with Crippen molar-refractivity contribution in [2.75, 3.05) is 6.54 Å². The number of rotatable bonds is 7. The van der Waals surface area contributed by atoms with E-state index in [9.17, 15) is 8.78 Å². The quantitative estimate of drug-likeness (QED) is 0.851. The molecule has 1 aromatic heterocycles. The summed E-state index contributed by atoms with van der Waals surface area (Å²) in [4.78, 5) is 0. The molecule has 0 spiro atoms. The number of para-hydroxylation sites is 1. The third-order valence-electron chi connectivity index (χ3n) is 2.69. The van der Waals surface area contributed by atoms with E-state index in [1.165, 1.54) is 6.07 Å². The number of hydrogen-bond donors (Lipinski definition) is 1. The fourth-order valence-electron chi connectivity index (χ4n) is 1.77. The molecule has 0 aliphatic carbocycles. The van der Waals surface area contributed by atoms with Crippen molar-refractivity contribution >= 4 is 0 Å². The molecular weight excluding hydrogens is 280 g/mol. The largest absolute Gasteiger partial charge is 0.434 e. The Kier molecular flexibility index (Phi) is 5.21. The summed E-state index contributed by atoms with van der Waals surface area (Å²) in [5.74, 6) is 0.638. The first-order chi connectivity index (χ1) is 10.1. The highest BCUT2D eigenvalue weighted by molar-refractivity contribution is 5.62. The van der Waals surface area contributed by atoms with E-state index in [1.54, 1.807) is 18.2 Å². The van der Waals surface area contributed by atoms with Crippen LogP contribution in [-0.2, 0) is 6.42 Å². The minimum Gasteiger partial charge on any atom is -0.434 e. The second-order valence-corrected chi connectivity index (χ2v) is 4.73. The lowest BCUT2D eigenvalue weighted by Crippen LogP contribution is -2.25. The van der Waals surface area contributed by atoms with E-state index < -0.39 is 6.61 Å². The number of halogens is 2. The van der Waals surface area contributed by atoms with E-state index in [0.29, 0.717) is 30.5 Å². The Morgan fingerprint density at radius 3 is 2.71 bits per heavy atom. The highest BCUT2D eigenvalue weighted by Gasteiger charge is 2.15. The summed E-state index contributed by atoms with van der Waals surface area (Å²) in [5.41, 5.74) is 0.355. The molecule has 2 aromatic rings. The lowest BCUT2D eigenvalue weighted by atomic mass is 10.2. The van der Waals surface area contributed by atoms with Crippen molar-refractivity contribution in [1.29, 1.82) is 0 Å². The average molecular weight is 297 g/mol. The predicted octanol–water partition coefficient (Wildman–Crippen LogP) is 2.88. The molecule has 2 rings (SSSR count). The van der Waals surface area contributed by atoms with Crippen LogP contribution in [0.15, 0.2) is 28.7 Å². The maximum atomic E-state index is 12.4. The Bertz CT molecular complexity index is 573. The zero-order valence-corrected chi connectivity index (χ0v) is 11.8. The summed E-state index contributed by atoms with van der Waals surface area (Å²) < 4.78 is 34.7. The molecule has 21 heavy (non-hydrogen) atoms. The number of benzene rings is 1. The molecular formula is C14H17F2N3O2. The van der Waals surface area contributed by atoms with E-state index >= 15 is 0 Å². The molecule has 0 atom stereocenters. The van der Waals surface area contributed by atoms with Crippen molar-refractivity contribution in [3.05, 3.63) is 30.2 Å². The van der Waals surface area contributed by atoms with Crippen LogP contribution in [0.3, 0.4) is 0 Å². The summed E-state index contributed by atoms with van der Waals surface area (Å²) in [6.45, 7) is 1.88. The first-order valence-electron chi connectivity index (χ1n) is 6.66. The van der Waals surface area contributed by atoms with E-state index in [4.69, 9.17) is 4.42 Å². The Morgan fingerprint density at radius 2 is 2.00 bits per heavy atom. The molecule has 1 N–H and O–H groups in total. The lowest BCUT2D eigenvalue weighted by Gasteiger charge is -2.07. The second kappa shape index (κ2) is 7.12. The SMILES string of the molecule is CC(C)NCCc1nnc(-c2ccccc2OC(F)F)o1. The molecule has 7 heteroatoms. The number of nitrogens with zero attached hydrogens (tertiary/aromatic N) is 2. The van der Waals surface area contributed by atoms with Gasteiger partial charge in [-0.3, -0.25) is 0 Å². The van der Waals surface area contributed by atoms with Crippen molar-refractivity contribution in [2.45, 2.75) is 32.9 Å². The number of alkyl halides is 2. The molecule has 0 fully saturated rings. The fourth-order valence-corrected chi connectivity index (χ4v) is 1.77. The maximum Gasteiger partial charge on any atom is 0.387 e. The molecule has 0 bridgehead atoms. The van der Waals surface area contributed by atoms with Crippen LogP contribution in [0.2, 0.25) is 0 Å². The van der Waals surface area contributed by atoms with Crippen LogP contribution in [0.1, 0.15) is 19.7 Å². The molecule has 0 aliphatic rings. The molecule has 1 aromatic carbocycles. The van der Waals surface area contributed by atoms with Gasteiger partial charge < -0.3 is 14.5 Å². The average Bonchev–Trinajstić information content (AvgIpc) is 2.87. The van der Waals surface area contributed by atoms with Gasteiger partial charge >= 0.3 is 6.61 Å². The minimum absolute atomic E-state index is 0.0167. The third-order valence-corrected chi connectivity index (χ3v) is 2.69. The van der Waals surface area contributed by atoms with Gasteiger partial charge in [-0.2, -0.15) is 8.78 Å². The van der Waals surface area contributed by atoms with Crippen molar-refractivity contribution in [3.8, 4) is 17.2 Å². The van der Waals surface area contributed by atoms with Gasteiger partial charge in [0, 0.05) is 19.0 Å². The van der Waals surface area contributed by atoms with Gasteiger partial charge in [0.25, 0.3) is 5.89 Å². The standard InChI is InChI=1S/C14H17F2N3O2/c1-9(2)17-8-7-12-18-19-13(21-12)10-5-3-4-6-11(10)20-14(15)16/h3-6,9,14,17H,7-8H2,1-2H3. The van der Waals surface area contributed by atoms with Gasteiger partial charge in [-0.1, -0.05) is 26.0 Å². The van der Waals surface area contributed by atoms with Gasteiger partial charge in [0.15, 0.2) is 0 Å². The third kappa shape index (κ3) is 4.49. The van der Waals surface area contributed by atoms with Gasteiger partial charge in [-0.05, 0) is 12.1 Å². The molecule has 0 saturated heterocycles. The molecule has 5 nitrogen and oxygen atoms in total. The lowest BCUT2D eigenvalue weighted by molar-refractivity contribution is -0.0495. The van der Waals surface area contributed by atoms with E-state index in [2.05, 4.69) is 20.3 Å². The Hall–Kier alpha value is -2.02. The van der Waals surface area contributed by atoms with Gasteiger partial charge in [0.1, 0.15) is 5.75 Å². The molecule has 0 aliphatic heterocycles. The Balaban J connectivity index is 2.10. The number of nitrogens with one attached hydrogen (secondary N) is 1. The molecule has 0 radical (unpaired) electrons. The molecule has 1 heterocycles. The maximum absolute atomic E-state index is 12.4. The highest BCUT2D eigenvalue weighted by atomic mass is 19.3. The van der Waals surface area contributed by atoms with Crippen LogP contribution in [0, 0.1) is 0 Å². The van der Waals surface area contributed by atoms with Crippen molar-refractivity contribution < 1.29 is 17.9 Å². The smallest absolute Gasteiger partial charge is 0.387 e. The summed E-state index contributed by atoms with van der Waals surface area (Å²) >= 11 is 0. The molecule has 0 unspecified atom stereocenters. The van der Waals surface area contributed by atoms with Crippen LogP contribution >= 0.6 is 0 Å². The van der Waals surface area contributed by atoms with E-state index in [-0.39, 0.29) is 11.6 Å². The zero-order valence-electron chi connectivity index (χ0n) is 11.8. The van der Waals surface area contributed by atoms with Crippen LogP contribution < -0.4 is 10.1 Å². The molecule has 114 valence electrons. The molecule has 0 saturated carbocycles.